The SMILES string of the molecule is COC(=O)N[C@H]1CCc2cccc3c2N(C1=O)[C@H](c1ncc(-c2ccc(-c4ccc(-c5nc([C@@H]6CC(F)(F)CN6C(=O)[C@@H](NC(=O)OC)C(C)C)[nH]c5Cl)cc4)cc2)[nH]1)C3. The molecule has 14 nitrogen and oxygen atoms in total. The highest BCUT2D eigenvalue weighted by Gasteiger charge is 2.50. The first-order chi connectivity index (χ1) is 28.7. The summed E-state index contributed by atoms with van der Waals surface area (Å²) in [7, 11) is 2.43. The van der Waals surface area contributed by atoms with E-state index in [1.54, 1.807) is 24.9 Å². The molecule has 312 valence electrons. The molecule has 2 aromatic heterocycles. The number of aromatic amines is 2. The Labute approximate surface area is 349 Å². The lowest BCUT2D eigenvalue weighted by molar-refractivity contribution is -0.136. The Hall–Kier alpha value is -6.29. The van der Waals surface area contributed by atoms with E-state index >= 15 is 0 Å². The number of anilines is 1. The number of aromatic nitrogens is 4. The van der Waals surface area contributed by atoms with Gasteiger partial charge in [-0.15, -0.1) is 0 Å². The van der Waals surface area contributed by atoms with Crippen molar-refractivity contribution in [1.29, 1.82) is 0 Å². The Bertz CT molecular complexity index is 2450. The van der Waals surface area contributed by atoms with Crippen LogP contribution in [0.5, 0.6) is 0 Å². The third-order valence-corrected chi connectivity index (χ3v) is 11.7. The van der Waals surface area contributed by atoms with Crippen molar-refractivity contribution in [1.82, 2.24) is 35.5 Å². The molecule has 1 fully saturated rings. The van der Waals surface area contributed by atoms with E-state index in [9.17, 15) is 28.0 Å². The van der Waals surface area contributed by atoms with E-state index in [0.29, 0.717) is 36.3 Å². The van der Waals surface area contributed by atoms with Crippen molar-refractivity contribution in [3.8, 4) is 33.6 Å². The summed E-state index contributed by atoms with van der Waals surface area (Å²) in [4.78, 5) is 70.0. The number of amides is 4. The second-order valence-corrected chi connectivity index (χ2v) is 16.0. The van der Waals surface area contributed by atoms with Gasteiger partial charge in [-0.3, -0.25) is 14.5 Å². The highest BCUT2D eigenvalue weighted by molar-refractivity contribution is 6.32. The van der Waals surface area contributed by atoms with Crippen LogP contribution in [0.15, 0.2) is 72.9 Å². The number of imidazole rings is 2. The number of hydrogen-bond acceptors (Lipinski definition) is 8. The third kappa shape index (κ3) is 7.67. The maximum Gasteiger partial charge on any atom is 0.407 e. The number of alkyl halides is 2. The summed E-state index contributed by atoms with van der Waals surface area (Å²) >= 11 is 6.60. The maximum atomic E-state index is 14.9. The van der Waals surface area contributed by atoms with Gasteiger partial charge < -0.3 is 35.0 Å². The van der Waals surface area contributed by atoms with E-state index in [1.807, 2.05) is 66.7 Å². The molecule has 0 spiro atoms. The Morgan fingerprint density at radius 2 is 1.53 bits per heavy atom. The number of benzene rings is 3. The Balaban J connectivity index is 0.979. The minimum absolute atomic E-state index is 0.114. The van der Waals surface area contributed by atoms with Crippen LogP contribution in [0.3, 0.4) is 0 Å². The van der Waals surface area contributed by atoms with Gasteiger partial charge in [0.15, 0.2) is 0 Å². The van der Waals surface area contributed by atoms with E-state index < -0.39 is 61.0 Å². The van der Waals surface area contributed by atoms with Gasteiger partial charge in [0.2, 0.25) is 11.8 Å². The number of aryl methyl sites for hydroxylation is 1. The molecule has 3 aliphatic heterocycles. The Kier molecular flexibility index (Phi) is 10.8. The van der Waals surface area contributed by atoms with Crippen molar-refractivity contribution in [2.75, 3.05) is 25.7 Å². The summed E-state index contributed by atoms with van der Waals surface area (Å²) in [6.07, 6.45) is 1.26. The molecule has 5 aromatic rings. The fraction of sp³-hybridized carbons (Fsp3) is 0.349. The van der Waals surface area contributed by atoms with Crippen LogP contribution < -0.4 is 15.5 Å². The molecule has 0 bridgehead atoms. The molecule has 0 radical (unpaired) electrons. The van der Waals surface area contributed by atoms with Gasteiger partial charge in [-0.1, -0.05) is 92.2 Å². The van der Waals surface area contributed by atoms with Crippen LogP contribution in [-0.4, -0.2) is 87.6 Å². The van der Waals surface area contributed by atoms with Crippen LogP contribution in [0.25, 0.3) is 33.6 Å². The molecule has 5 heterocycles. The summed E-state index contributed by atoms with van der Waals surface area (Å²) in [5.41, 5.74) is 7.47. The van der Waals surface area contributed by atoms with Crippen molar-refractivity contribution >= 4 is 41.3 Å². The first-order valence-corrected chi connectivity index (χ1v) is 20.0. The Morgan fingerprint density at radius 3 is 2.20 bits per heavy atom. The fourth-order valence-electron chi connectivity index (χ4n) is 8.39. The predicted octanol–water partition coefficient (Wildman–Crippen LogP) is 7.38. The number of hydrogen-bond donors (Lipinski definition) is 4. The minimum atomic E-state index is -3.18. The van der Waals surface area contributed by atoms with Crippen LogP contribution in [0.1, 0.15) is 61.5 Å². The summed E-state index contributed by atoms with van der Waals surface area (Å²) in [5.74, 6) is -3.72. The largest absolute Gasteiger partial charge is 0.453 e. The predicted molar refractivity (Wildman–Crippen MR) is 218 cm³/mol. The number of carbonyl (C=O) groups is 4. The van der Waals surface area contributed by atoms with E-state index in [-0.39, 0.29) is 22.9 Å². The van der Waals surface area contributed by atoms with Crippen LogP contribution in [-0.2, 0) is 31.9 Å². The van der Waals surface area contributed by atoms with Crippen molar-refractivity contribution in [3.05, 3.63) is 101 Å². The van der Waals surface area contributed by atoms with Crippen LogP contribution >= 0.6 is 11.6 Å². The average Bonchev–Trinajstić information content (AvgIpc) is 4.03. The molecule has 60 heavy (non-hydrogen) atoms. The molecule has 3 aliphatic rings. The van der Waals surface area contributed by atoms with Crippen LogP contribution in [0.4, 0.5) is 24.1 Å². The van der Waals surface area contributed by atoms with Crippen molar-refractivity contribution in [2.24, 2.45) is 5.92 Å². The molecule has 0 saturated carbocycles. The van der Waals surface area contributed by atoms with E-state index in [1.165, 1.54) is 7.11 Å². The van der Waals surface area contributed by atoms with Crippen LogP contribution in [0.2, 0.25) is 5.15 Å². The molecule has 0 unspecified atom stereocenters. The summed E-state index contributed by atoms with van der Waals surface area (Å²) in [6, 6.07) is 18.1. The number of carbonyl (C=O) groups excluding carboxylic acids is 4. The van der Waals surface area contributed by atoms with Gasteiger partial charge in [0, 0.05) is 18.4 Å². The molecule has 4 amide bonds. The number of ether oxygens (including phenoxy) is 2. The fourth-order valence-corrected chi connectivity index (χ4v) is 8.64. The molecular weight excluding hydrogens is 798 g/mol. The molecule has 3 aromatic carbocycles. The highest BCUT2D eigenvalue weighted by atomic mass is 35.5. The number of rotatable bonds is 9. The zero-order chi connectivity index (χ0) is 42.5. The molecule has 8 rings (SSSR count). The van der Waals surface area contributed by atoms with E-state index in [0.717, 1.165) is 51.2 Å². The number of H-pyrrole nitrogens is 2. The lowest BCUT2D eigenvalue weighted by Crippen LogP contribution is -2.51. The number of likely N-dealkylation sites (tertiary alicyclic amines) is 1. The van der Waals surface area contributed by atoms with Gasteiger partial charge in [-0.25, -0.2) is 28.3 Å². The topological polar surface area (TPSA) is 175 Å². The van der Waals surface area contributed by atoms with Gasteiger partial charge in [0.05, 0.1) is 50.4 Å². The first-order valence-electron chi connectivity index (χ1n) is 19.6. The number of nitrogens with one attached hydrogen (secondary N) is 4. The standard InChI is InChI=1S/C43H43ClF2N8O6/c1-22(2)33(51-42(58)60-4)40(56)53-21-43(45,46)19-32(53)38-50-34(36(44)52-38)26-14-10-24(11-15-26)23-8-12-25(13-9-23)30-20-47-37(48-30)31-18-28-7-5-6-27-16-17-29(49-41(57)59-3)39(55)54(31)35(27)28/h5-15,20,22,29,31-33H,16-19,21H2,1-4H3,(H,47,48)(H,49,57)(H,50,52)(H,51,58)/t29-,31-,32-,33-/m0/s1. The molecule has 0 aliphatic carbocycles. The number of para-hydroxylation sites is 1. The minimum Gasteiger partial charge on any atom is -0.453 e. The zero-order valence-corrected chi connectivity index (χ0v) is 34.0. The Morgan fingerprint density at radius 1 is 0.883 bits per heavy atom. The van der Waals surface area contributed by atoms with E-state index in [2.05, 4.69) is 30.3 Å². The van der Waals surface area contributed by atoms with Gasteiger partial charge in [-0.2, -0.15) is 0 Å². The summed E-state index contributed by atoms with van der Waals surface area (Å²) in [5, 5.41) is 5.30. The molecule has 17 heteroatoms. The van der Waals surface area contributed by atoms with Gasteiger partial charge >= 0.3 is 12.2 Å². The normalized spacial score (nSPS) is 19.8. The highest BCUT2D eigenvalue weighted by Crippen LogP contribution is 2.45. The first kappa shape index (κ1) is 40.5. The number of nitrogens with zero attached hydrogens (tertiary/aromatic N) is 4. The smallest absolute Gasteiger partial charge is 0.407 e. The summed E-state index contributed by atoms with van der Waals surface area (Å²) < 4.78 is 39.2. The molecule has 4 N–H and O–H groups in total. The van der Waals surface area contributed by atoms with Crippen molar-refractivity contribution < 1.29 is 37.4 Å². The van der Waals surface area contributed by atoms with Crippen molar-refractivity contribution in [2.45, 2.75) is 69.6 Å². The molecule has 1 saturated heterocycles. The number of halogens is 3. The lowest BCUT2D eigenvalue weighted by Gasteiger charge is -2.29. The molecular formula is C43H43ClF2N8O6. The lowest BCUT2D eigenvalue weighted by atomic mass is 10.0. The van der Waals surface area contributed by atoms with Crippen molar-refractivity contribution in [3.63, 3.8) is 0 Å². The zero-order valence-electron chi connectivity index (χ0n) is 33.2. The second kappa shape index (κ2) is 16.0. The maximum absolute atomic E-state index is 14.9. The van der Waals surface area contributed by atoms with Gasteiger partial charge in [0.1, 0.15) is 34.6 Å². The van der Waals surface area contributed by atoms with Crippen LogP contribution in [0, 0.1) is 5.92 Å². The second-order valence-electron chi connectivity index (χ2n) is 15.6. The quantitative estimate of drug-likeness (QED) is 0.119. The molecule has 4 atom stereocenters. The average molecular weight is 841 g/mol. The number of alkyl carbamates (subject to hydrolysis) is 2. The number of methoxy groups -OCH3 is 2. The monoisotopic (exact) mass is 840 g/mol. The van der Waals surface area contributed by atoms with E-state index in [4.69, 9.17) is 21.3 Å². The van der Waals surface area contributed by atoms with Gasteiger partial charge in [-0.05, 0) is 46.6 Å². The third-order valence-electron chi connectivity index (χ3n) is 11.4. The van der Waals surface area contributed by atoms with Gasteiger partial charge in [0.25, 0.3) is 5.92 Å². The summed E-state index contributed by atoms with van der Waals surface area (Å²) in [6.45, 7) is 2.57.